The van der Waals surface area contributed by atoms with Crippen LogP contribution in [0.4, 0.5) is 5.82 Å². The molecule has 2 heterocycles. The lowest BCUT2D eigenvalue weighted by molar-refractivity contribution is 0.459. The van der Waals surface area contributed by atoms with Crippen molar-refractivity contribution in [3.63, 3.8) is 0 Å². The van der Waals surface area contributed by atoms with Gasteiger partial charge >= 0.3 is 0 Å². The van der Waals surface area contributed by atoms with Crippen molar-refractivity contribution in [2.24, 2.45) is 11.7 Å². The van der Waals surface area contributed by atoms with Crippen LogP contribution in [0, 0.1) is 12.8 Å². The average Bonchev–Trinajstić information content (AvgIpc) is 2.63. The minimum absolute atomic E-state index is 0.580. The summed E-state index contributed by atoms with van der Waals surface area (Å²) < 4.78 is 0. The second-order valence-electron chi connectivity index (χ2n) is 5.33. The molecule has 1 unspecified atom stereocenters. The molecule has 3 nitrogen and oxygen atoms in total. The lowest BCUT2D eigenvalue weighted by Crippen LogP contribution is -2.27. The Bertz CT molecular complexity index is 389. The monoisotopic (exact) mass is 247 g/mol. The molecule has 0 aromatic carbocycles. The van der Waals surface area contributed by atoms with Crippen molar-refractivity contribution >= 4 is 5.82 Å². The molecule has 0 radical (unpaired) electrons. The number of hydrogen-bond donors (Lipinski definition) is 1. The molecule has 0 saturated carbocycles. The van der Waals surface area contributed by atoms with E-state index in [9.17, 15) is 0 Å². The summed E-state index contributed by atoms with van der Waals surface area (Å²) in [5, 5.41) is 0. The molecule has 2 N–H and O–H groups in total. The molecule has 1 saturated heterocycles. The van der Waals surface area contributed by atoms with Gasteiger partial charge in [-0.05, 0) is 38.2 Å². The van der Waals surface area contributed by atoms with Gasteiger partial charge < -0.3 is 10.6 Å². The van der Waals surface area contributed by atoms with Gasteiger partial charge in [0.05, 0.1) is 0 Å². The summed E-state index contributed by atoms with van der Waals surface area (Å²) in [6.45, 7) is 7.19. The van der Waals surface area contributed by atoms with E-state index in [4.69, 9.17) is 10.7 Å². The number of pyridine rings is 1. The first kappa shape index (κ1) is 13.3. The summed E-state index contributed by atoms with van der Waals surface area (Å²) in [7, 11) is 0. The number of aryl methyl sites for hydroxylation is 1. The van der Waals surface area contributed by atoms with Crippen LogP contribution in [-0.4, -0.2) is 18.1 Å². The third-order valence-corrected chi connectivity index (χ3v) is 4.04. The van der Waals surface area contributed by atoms with Crippen LogP contribution in [0.15, 0.2) is 12.1 Å². The molecule has 1 aromatic rings. The van der Waals surface area contributed by atoms with Crippen molar-refractivity contribution < 1.29 is 0 Å². The van der Waals surface area contributed by atoms with Gasteiger partial charge in [-0.2, -0.15) is 0 Å². The Kier molecular flexibility index (Phi) is 4.59. The second-order valence-corrected chi connectivity index (χ2v) is 5.33. The first-order valence-corrected chi connectivity index (χ1v) is 7.16. The molecule has 3 heteroatoms. The minimum atomic E-state index is 0.580. The van der Waals surface area contributed by atoms with Gasteiger partial charge in [0.2, 0.25) is 0 Å². The molecular weight excluding hydrogens is 222 g/mol. The van der Waals surface area contributed by atoms with Crippen LogP contribution in [0.5, 0.6) is 0 Å². The molecule has 0 spiro atoms. The van der Waals surface area contributed by atoms with E-state index in [0.29, 0.717) is 6.54 Å². The number of nitrogens with two attached hydrogens (primary N) is 1. The predicted molar refractivity (Wildman–Crippen MR) is 76.7 cm³/mol. The summed E-state index contributed by atoms with van der Waals surface area (Å²) in [5.41, 5.74) is 8.09. The maximum Gasteiger partial charge on any atom is 0.133 e. The highest BCUT2D eigenvalue weighted by atomic mass is 15.2. The number of aromatic nitrogens is 1. The zero-order chi connectivity index (χ0) is 13.0. The molecule has 0 amide bonds. The quantitative estimate of drug-likeness (QED) is 0.893. The van der Waals surface area contributed by atoms with E-state index in [0.717, 1.165) is 30.5 Å². The molecule has 0 aliphatic carbocycles. The van der Waals surface area contributed by atoms with Crippen LogP contribution in [0.1, 0.15) is 43.9 Å². The average molecular weight is 247 g/mol. The van der Waals surface area contributed by atoms with Gasteiger partial charge in [0.25, 0.3) is 0 Å². The number of rotatable bonds is 3. The molecule has 1 aliphatic heterocycles. The summed E-state index contributed by atoms with van der Waals surface area (Å²) in [6, 6.07) is 4.18. The van der Waals surface area contributed by atoms with Gasteiger partial charge in [-0.1, -0.05) is 19.4 Å². The maximum atomic E-state index is 5.83. The highest BCUT2D eigenvalue weighted by Gasteiger charge is 2.18. The Morgan fingerprint density at radius 3 is 2.89 bits per heavy atom. The predicted octanol–water partition coefficient (Wildman–Crippen LogP) is 2.87. The maximum absolute atomic E-state index is 5.83. The lowest BCUT2D eigenvalue weighted by atomic mass is 9.98. The fourth-order valence-electron chi connectivity index (χ4n) is 2.79. The van der Waals surface area contributed by atoms with Crippen LogP contribution in [-0.2, 0) is 6.54 Å². The van der Waals surface area contributed by atoms with Crippen LogP contribution in [0.25, 0.3) is 0 Å². The van der Waals surface area contributed by atoms with Crippen molar-refractivity contribution in [3.8, 4) is 0 Å². The fourth-order valence-corrected chi connectivity index (χ4v) is 2.79. The first-order chi connectivity index (χ1) is 8.74. The second kappa shape index (κ2) is 6.19. The Labute approximate surface area is 110 Å². The van der Waals surface area contributed by atoms with Gasteiger partial charge in [-0.25, -0.2) is 4.98 Å². The zero-order valence-corrected chi connectivity index (χ0v) is 11.7. The molecule has 2 rings (SSSR count). The van der Waals surface area contributed by atoms with E-state index >= 15 is 0 Å². The summed E-state index contributed by atoms with van der Waals surface area (Å²) in [4.78, 5) is 7.14. The van der Waals surface area contributed by atoms with E-state index in [2.05, 4.69) is 30.9 Å². The van der Waals surface area contributed by atoms with E-state index in [1.54, 1.807) is 0 Å². The molecule has 18 heavy (non-hydrogen) atoms. The smallest absolute Gasteiger partial charge is 0.133 e. The van der Waals surface area contributed by atoms with Crippen LogP contribution >= 0.6 is 0 Å². The number of nitrogens with zero attached hydrogens (tertiary/aromatic N) is 2. The van der Waals surface area contributed by atoms with E-state index < -0.39 is 0 Å². The van der Waals surface area contributed by atoms with E-state index in [-0.39, 0.29) is 0 Å². The van der Waals surface area contributed by atoms with Crippen molar-refractivity contribution in [2.75, 3.05) is 18.0 Å². The minimum Gasteiger partial charge on any atom is -0.356 e. The van der Waals surface area contributed by atoms with Crippen LogP contribution < -0.4 is 10.6 Å². The van der Waals surface area contributed by atoms with Gasteiger partial charge in [-0.15, -0.1) is 0 Å². The molecule has 100 valence electrons. The van der Waals surface area contributed by atoms with Gasteiger partial charge in [-0.3, -0.25) is 0 Å². The van der Waals surface area contributed by atoms with E-state index in [1.165, 1.54) is 31.2 Å². The Balaban J connectivity index is 2.17. The van der Waals surface area contributed by atoms with Crippen LogP contribution in [0.2, 0.25) is 0 Å². The van der Waals surface area contributed by atoms with Crippen molar-refractivity contribution in [1.82, 2.24) is 4.98 Å². The summed E-state index contributed by atoms with van der Waals surface area (Å²) in [6.07, 6.45) is 5.23. The van der Waals surface area contributed by atoms with Gasteiger partial charge in [0.15, 0.2) is 0 Å². The van der Waals surface area contributed by atoms with Crippen LogP contribution in [0.3, 0.4) is 0 Å². The van der Waals surface area contributed by atoms with E-state index in [1.807, 2.05) is 0 Å². The molecule has 1 aliphatic rings. The fraction of sp³-hybridized carbons (Fsp3) is 0.667. The third-order valence-electron chi connectivity index (χ3n) is 4.04. The molecular formula is C15H25N3. The standard InChI is InChI=1S/C15H25N3/c1-3-13-5-4-9-18(10-8-13)15-14(11-16)7-6-12(2)17-15/h6-7,13H,3-5,8-11,16H2,1-2H3. The Morgan fingerprint density at radius 2 is 2.17 bits per heavy atom. The molecule has 1 fully saturated rings. The molecule has 1 atom stereocenters. The van der Waals surface area contributed by atoms with Crippen molar-refractivity contribution in [3.05, 3.63) is 23.4 Å². The van der Waals surface area contributed by atoms with Gasteiger partial charge in [0, 0.05) is 30.9 Å². The van der Waals surface area contributed by atoms with Crippen molar-refractivity contribution in [2.45, 2.75) is 46.1 Å². The normalized spacial score (nSPS) is 20.8. The van der Waals surface area contributed by atoms with Gasteiger partial charge in [0.1, 0.15) is 5.82 Å². The summed E-state index contributed by atoms with van der Waals surface area (Å²) in [5.74, 6) is 2.01. The highest BCUT2D eigenvalue weighted by molar-refractivity contribution is 5.47. The topological polar surface area (TPSA) is 42.2 Å². The Morgan fingerprint density at radius 1 is 1.33 bits per heavy atom. The summed E-state index contributed by atoms with van der Waals surface area (Å²) >= 11 is 0. The van der Waals surface area contributed by atoms with Crippen molar-refractivity contribution in [1.29, 1.82) is 0 Å². The Hall–Kier alpha value is -1.09. The largest absolute Gasteiger partial charge is 0.356 e. The highest BCUT2D eigenvalue weighted by Crippen LogP contribution is 2.25. The SMILES string of the molecule is CCC1CCCN(c2nc(C)ccc2CN)CC1. The number of anilines is 1. The molecule has 1 aromatic heterocycles. The lowest BCUT2D eigenvalue weighted by Gasteiger charge is -2.24. The first-order valence-electron chi connectivity index (χ1n) is 7.16. The zero-order valence-electron chi connectivity index (χ0n) is 11.7. The third kappa shape index (κ3) is 3.02. The number of hydrogen-bond acceptors (Lipinski definition) is 3. The molecule has 0 bridgehead atoms.